The Bertz CT molecular complexity index is 485. The molecule has 1 atom stereocenters. The van der Waals surface area contributed by atoms with Gasteiger partial charge in [-0.3, -0.25) is 0 Å². The zero-order chi connectivity index (χ0) is 12.5. The van der Waals surface area contributed by atoms with Crippen molar-refractivity contribution < 1.29 is 13.2 Å². The summed E-state index contributed by atoms with van der Waals surface area (Å²) in [6.07, 6.45) is 0.765. The van der Waals surface area contributed by atoms with Gasteiger partial charge >= 0.3 is 0 Å². The van der Waals surface area contributed by atoms with E-state index in [2.05, 4.69) is 0 Å². The highest BCUT2D eigenvalue weighted by molar-refractivity contribution is 7.91. The Morgan fingerprint density at radius 3 is 2.88 bits per heavy atom. The van der Waals surface area contributed by atoms with E-state index in [1.807, 2.05) is 0 Å². The highest BCUT2D eigenvalue weighted by Crippen LogP contribution is 2.28. The molecule has 1 aromatic heterocycles. The van der Waals surface area contributed by atoms with Crippen LogP contribution in [0.25, 0.3) is 0 Å². The standard InChI is InChI=1S/C10H14ClNO3S2/c1-15-8-4-5-12(7-8)17(13,14)10-3-2-9(6-11)16-10/h2-3,8H,4-7H2,1H3. The second-order valence-electron chi connectivity index (χ2n) is 3.86. The summed E-state index contributed by atoms with van der Waals surface area (Å²) in [7, 11) is -1.75. The van der Waals surface area contributed by atoms with Gasteiger partial charge in [-0.15, -0.1) is 22.9 Å². The van der Waals surface area contributed by atoms with Gasteiger partial charge in [0, 0.05) is 25.1 Å². The summed E-state index contributed by atoms with van der Waals surface area (Å²) in [4.78, 5) is 0.868. The van der Waals surface area contributed by atoms with Gasteiger partial charge < -0.3 is 4.74 Å². The van der Waals surface area contributed by atoms with E-state index < -0.39 is 10.0 Å². The molecule has 1 aliphatic heterocycles. The number of methoxy groups -OCH3 is 1. The Kier molecular flexibility index (Phi) is 4.10. The average Bonchev–Trinajstić information content (AvgIpc) is 2.98. The van der Waals surface area contributed by atoms with Crippen molar-refractivity contribution in [2.45, 2.75) is 22.6 Å². The molecule has 1 saturated heterocycles. The van der Waals surface area contributed by atoms with E-state index in [4.69, 9.17) is 16.3 Å². The predicted molar refractivity (Wildman–Crippen MR) is 68.0 cm³/mol. The first kappa shape index (κ1) is 13.3. The molecule has 0 aliphatic carbocycles. The lowest BCUT2D eigenvalue weighted by Gasteiger charge is -2.14. The molecular formula is C10H14ClNO3S2. The largest absolute Gasteiger partial charge is 0.380 e. The number of rotatable bonds is 4. The van der Waals surface area contributed by atoms with E-state index in [1.54, 1.807) is 19.2 Å². The molecule has 0 spiro atoms. The number of alkyl halides is 1. The molecule has 7 heteroatoms. The van der Waals surface area contributed by atoms with Crippen molar-refractivity contribution in [1.82, 2.24) is 4.31 Å². The fourth-order valence-corrected chi connectivity index (χ4v) is 4.90. The Morgan fingerprint density at radius 2 is 2.35 bits per heavy atom. The maximum atomic E-state index is 12.3. The quantitative estimate of drug-likeness (QED) is 0.797. The maximum absolute atomic E-state index is 12.3. The molecule has 0 aromatic carbocycles. The lowest BCUT2D eigenvalue weighted by Crippen LogP contribution is -2.29. The van der Waals surface area contributed by atoms with Crippen LogP contribution >= 0.6 is 22.9 Å². The molecule has 0 saturated carbocycles. The van der Waals surface area contributed by atoms with E-state index in [9.17, 15) is 8.42 Å². The van der Waals surface area contributed by atoms with Gasteiger partial charge in [0.05, 0.1) is 12.0 Å². The number of sulfonamides is 1. The molecule has 2 heterocycles. The van der Waals surface area contributed by atoms with E-state index in [-0.39, 0.29) is 6.10 Å². The van der Waals surface area contributed by atoms with Crippen LogP contribution in [0.15, 0.2) is 16.3 Å². The van der Waals surface area contributed by atoms with Crippen molar-refractivity contribution in [2.24, 2.45) is 0 Å². The monoisotopic (exact) mass is 295 g/mol. The lowest BCUT2D eigenvalue weighted by molar-refractivity contribution is 0.115. The second kappa shape index (κ2) is 5.24. The van der Waals surface area contributed by atoms with Crippen LogP contribution in [-0.2, 0) is 20.6 Å². The Hall–Kier alpha value is -0.140. The Labute approximate surface area is 110 Å². The third-order valence-electron chi connectivity index (χ3n) is 2.80. The van der Waals surface area contributed by atoms with Gasteiger partial charge in [-0.05, 0) is 18.6 Å². The molecule has 0 radical (unpaired) electrons. The highest BCUT2D eigenvalue weighted by Gasteiger charge is 2.33. The second-order valence-corrected chi connectivity index (χ2v) is 7.46. The van der Waals surface area contributed by atoms with Crippen LogP contribution in [0.5, 0.6) is 0 Å². The van der Waals surface area contributed by atoms with Crippen molar-refractivity contribution in [3.8, 4) is 0 Å². The first-order valence-corrected chi connectivity index (χ1v) is 8.04. The predicted octanol–water partition coefficient (Wildman–Crippen LogP) is 1.90. The van der Waals surface area contributed by atoms with Gasteiger partial charge in [0.15, 0.2) is 0 Å². The van der Waals surface area contributed by atoms with Gasteiger partial charge in [0.1, 0.15) is 4.21 Å². The molecule has 0 N–H and O–H groups in total. The number of hydrogen-bond acceptors (Lipinski definition) is 4. The first-order chi connectivity index (χ1) is 8.07. The van der Waals surface area contributed by atoms with E-state index in [0.717, 1.165) is 11.3 Å². The zero-order valence-electron chi connectivity index (χ0n) is 9.43. The number of hydrogen-bond donors (Lipinski definition) is 0. The molecule has 96 valence electrons. The summed E-state index contributed by atoms with van der Waals surface area (Å²) in [5, 5.41) is 0. The maximum Gasteiger partial charge on any atom is 0.252 e. The SMILES string of the molecule is COC1CCN(S(=O)(=O)c2ccc(CCl)s2)C1. The zero-order valence-corrected chi connectivity index (χ0v) is 11.8. The van der Waals surface area contributed by atoms with Crippen molar-refractivity contribution in [1.29, 1.82) is 0 Å². The van der Waals surface area contributed by atoms with Crippen LogP contribution in [0.2, 0.25) is 0 Å². The van der Waals surface area contributed by atoms with Gasteiger partial charge in [0.25, 0.3) is 10.0 Å². The van der Waals surface area contributed by atoms with Gasteiger partial charge in [-0.2, -0.15) is 4.31 Å². The summed E-state index contributed by atoms with van der Waals surface area (Å²) in [5.41, 5.74) is 0. The van der Waals surface area contributed by atoms with Crippen LogP contribution < -0.4 is 0 Å². The normalized spacial score (nSPS) is 22.1. The molecule has 17 heavy (non-hydrogen) atoms. The van der Waals surface area contributed by atoms with E-state index in [1.165, 1.54) is 15.6 Å². The van der Waals surface area contributed by atoms with Crippen LogP contribution in [0.4, 0.5) is 0 Å². The molecular weight excluding hydrogens is 282 g/mol. The fraction of sp³-hybridized carbons (Fsp3) is 0.600. The highest BCUT2D eigenvalue weighted by atomic mass is 35.5. The molecule has 0 amide bonds. The topological polar surface area (TPSA) is 46.6 Å². The average molecular weight is 296 g/mol. The Balaban J connectivity index is 2.19. The molecule has 4 nitrogen and oxygen atoms in total. The minimum absolute atomic E-state index is 0.0113. The van der Waals surface area contributed by atoms with Crippen molar-refractivity contribution >= 4 is 33.0 Å². The third-order valence-corrected chi connectivity index (χ3v) is 6.67. The van der Waals surface area contributed by atoms with Crippen LogP contribution in [-0.4, -0.2) is 39.0 Å². The van der Waals surface area contributed by atoms with Crippen molar-refractivity contribution in [2.75, 3.05) is 20.2 Å². The van der Waals surface area contributed by atoms with E-state index >= 15 is 0 Å². The molecule has 2 rings (SSSR count). The van der Waals surface area contributed by atoms with Gasteiger partial charge in [0.2, 0.25) is 0 Å². The molecule has 0 bridgehead atoms. The van der Waals surface area contributed by atoms with Gasteiger partial charge in [-0.25, -0.2) is 8.42 Å². The number of halogens is 1. The van der Waals surface area contributed by atoms with Crippen LogP contribution in [0, 0.1) is 0 Å². The third kappa shape index (κ3) is 2.66. The fourth-order valence-electron chi connectivity index (χ4n) is 1.80. The lowest BCUT2D eigenvalue weighted by atomic mass is 10.3. The van der Waals surface area contributed by atoms with Crippen LogP contribution in [0.3, 0.4) is 0 Å². The van der Waals surface area contributed by atoms with E-state index in [0.29, 0.717) is 23.2 Å². The summed E-state index contributed by atoms with van der Waals surface area (Å²) in [6, 6.07) is 3.38. The summed E-state index contributed by atoms with van der Waals surface area (Å²) in [6.45, 7) is 0.960. The minimum atomic E-state index is -3.36. The van der Waals surface area contributed by atoms with Crippen LogP contribution in [0.1, 0.15) is 11.3 Å². The molecule has 1 unspecified atom stereocenters. The summed E-state index contributed by atoms with van der Waals surface area (Å²) < 4.78 is 31.5. The molecule has 1 aliphatic rings. The number of thiophene rings is 1. The number of ether oxygens (including phenoxy) is 1. The van der Waals surface area contributed by atoms with Gasteiger partial charge in [-0.1, -0.05) is 0 Å². The summed E-state index contributed by atoms with van der Waals surface area (Å²) in [5.74, 6) is 0.348. The smallest absolute Gasteiger partial charge is 0.252 e. The number of nitrogens with zero attached hydrogens (tertiary/aromatic N) is 1. The minimum Gasteiger partial charge on any atom is -0.380 e. The molecule has 1 fully saturated rings. The first-order valence-electron chi connectivity index (χ1n) is 5.25. The molecule has 1 aromatic rings. The van der Waals surface area contributed by atoms with Crippen molar-refractivity contribution in [3.05, 3.63) is 17.0 Å². The summed E-state index contributed by atoms with van der Waals surface area (Å²) >= 11 is 6.91. The van der Waals surface area contributed by atoms with Crippen molar-refractivity contribution in [3.63, 3.8) is 0 Å². The Morgan fingerprint density at radius 1 is 1.59 bits per heavy atom.